The number of hydrogen-bond acceptors (Lipinski definition) is 3. The maximum atomic E-state index is 12.6. The Morgan fingerprint density at radius 2 is 1.89 bits per heavy atom. The van der Waals surface area contributed by atoms with E-state index < -0.39 is 17.3 Å². The maximum absolute atomic E-state index is 12.6. The van der Waals surface area contributed by atoms with E-state index in [9.17, 15) is 9.59 Å². The van der Waals surface area contributed by atoms with Crippen molar-refractivity contribution in [1.29, 1.82) is 0 Å². The Hall–Kier alpha value is -1.64. The highest BCUT2D eigenvalue weighted by atomic mass is 16.5. The van der Waals surface area contributed by atoms with E-state index in [1.54, 1.807) is 0 Å². The van der Waals surface area contributed by atoms with E-state index in [-0.39, 0.29) is 5.78 Å². The summed E-state index contributed by atoms with van der Waals surface area (Å²) in [6.07, 6.45) is 2.17. The summed E-state index contributed by atoms with van der Waals surface area (Å²) in [5.74, 6) is -1.02. The third kappa shape index (κ3) is 2.05. The normalized spacial score (nSPS) is 17.9. The smallest absolute Gasteiger partial charge is 0.316 e. The van der Waals surface area contributed by atoms with Crippen molar-refractivity contribution in [3.63, 3.8) is 0 Å². The van der Waals surface area contributed by atoms with Crippen molar-refractivity contribution in [3.8, 4) is 0 Å². The monoisotopic (exact) mass is 246 g/mol. The molecule has 0 aromatic heterocycles. The summed E-state index contributed by atoms with van der Waals surface area (Å²) in [5.41, 5.74) is 0.591. The van der Waals surface area contributed by atoms with Gasteiger partial charge < -0.3 is 4.74 Å². The van der Waals surface area contributed by atoms with Crippen LogP contribution < -0.4 is 0 Å². The quantitative estimate of drug-likeness (QED) is 0.592. The van der Waals surface area contributed by atoms with Gasteiger partial charge in [0.25, 0.3) is 0 Å². The molecule has 3 heteroatoms. The zero-order chi connectivity index (χ0) is 13.2. The van der Waals surface area contributed by atoms with Crippen molar-refractivity contribution < 1.29 is 14.3 Å². The highest BCUT2D eigenvalue weighted by Crippen LogP contribution is 2.50. The van der Waals surface area contributed by atoms with E-state index in [4.69, 9.17) is 4.74 Å². The maximum Gasteiger partial charge on any atom is 0.316 e. The van der Waals surface area contributed by atoms with E-state index in [1.807, 2.05) is 37.3 Å². The van der Waals surface area contributed by atoms with E-state index in [0.29, 0.717) is 6.42 Å². The van der Waals surface area contributed by atoms with Crippen LogP contribution in [-0.4, -0.2) is 18.9 Å². The molecule has 18 heavy (non-hydrogen) atoms. The molecule has 0 spiro atoms. The second-order valence-corrected chi connectivity index (χ2v) is 4.80. The van der Waals surface area contributed by atoms with Crippen molar-refractivity contribution in [2.45, 2.75) is 31.6 Å². The molecule has 1 aromatic carbocycles. The number of methoxy groups -OCH3 is 1. The number of benzene rings is 1. The van der Waals surface area contributed by atoms with Gasteiger partial charge in [-0.15, -0.1) is 0 Å². The van der Waals surface area contributed by atoms with Gasteiger partial charge in [0.2, 0.25) is 0 Å². The zero-order valence-electron chi connectivity index (χ0n) is 10.8. The molecule has 0 aliphatic heterocycles. The van der Waals surface area contributed by atoms with Gasteiger partial charge in [0.1, 0.15) is 5.92 Å². The predicted molar refractivity (Wildman–Crippen MR) is 68.2 cm³/mol. The summed E-state index contributed by atoms with van der Waals surface area (Å²) in [6.45, 7) is 1.85. The van der Waals surface area contributed by atoms with Gasteiger partial charge in [-0.2, -0.15) is 0 Å². The molecule has 1 saturated carbocycles. The Kier molecular flexibility index (Phi) is 3.50. The molecule has 0 heterocycles. The second-order valence-electron chi connectivity index (χ2n) is 4.80. The van der Waals surface area contributed by atoms with Gasteiger partial charge in [-0.05, 0) is 24.8 Å². The lowest BCUT2D eigenvalue weighted by Gasteiger charge is -2.19. The van der Waals surface area contributed by atoms with Gasteiger partial charge in [0, 0.05) is 0 Å². The summed E-state index contributed by atoms with van der Waals surface area (Å²) in [6, 6.07) is 9.73. The Morgan fingerprint density at radius 3 is 2.33 bits per heavy atom. The van der Waals surface area contributed by atoms with Crippen LogP contribution in [0.3, 0.4) is 0 Å². The summed E-state index contributed by atoms with van der Waals surface area (Å²) < 4.78 is 4.72. The predicted octanol–water partition coefficient (Wildman–Crippen LogP) is 2.49. The first-order chi connectivity index (χ1) is 8.65. The molecule has 1 fully saturated rings. The SMILES string of the molecule is CCC(C(=O)OC)C(=O)C1(c2ccccc2)CC1. The number of carbonyl (C=O) groups excluding carboxylic acids is 2. The van der Waals surface area contributed by atoms with Crippen LogP contribution >= 0.6 is 0 Å². The highest BCUT2D eigenvalue weighted by Gasteiger charge is 2.54. The molecule has 1 aliphatic rings. The Bertz CT molecular complexity index is 446. The van der Waals surface area contributed by atoms with Crippen LogP contribution in [0.2, 0.25) is 0 Å². The van der Waals surface area contributed by atoms with Crippen LogP contribution in [0.15, 0.2) is 30.3 Å². The van der Waals surface area contributed by atoms with Crippen LogP contribution in [0.1, 0.15) is 31.7 Å². The second kappa shape index (κ2) is 4.92. The van der Waals surface area contributed by atoms with Gasteiger partial charge in [0.05, 0.1) is 12.5 Å². The molecule has 0 amide bonds. The molecule has 0 saturated heterocycles. The lowest BCUT2D eigenvalue weighted by molar-refractivity contribution is -0.150. The molecular weight excluding hydrogens is 228 g/mol. The molecule has 1 unspecified atom stereocenters. The minimum absolute atomic E-state index is 0.0167. The van der Waals surface area contributed by atoms with Crippen LogP contribution in [0.25, 0.3) is 0 Å². The molecule has 0 N–H and O–H groups in total. The van der Waals surface area contributed by atoms with E-state index in [1.165, 1.54) is 7.11 Å². The largest absolute Gasteiger partial charge is 0.468 e. The molecule has 0 radical (unpaired) electrons. The minimum atomic E-state index is -0.627. The third-order valence-electron chi connectivity index (χ3n) is 3.76. The molecule has 1 aromatic rings. The summed E-state index contributed by atoms with van der Waals surface area (Å²) in [7, 11) is 1.33. The van der Waals surface area contributed by atoms with Crippen LogP contribution in [-0.2, 0) is 19.7 Å². The third-order valence-corrected chi connectivity index (χ3v) is 3.76. The number of Topliss-reactive ketones (excluding diaryl/α,β-unsaturated/α-hetero) is 1. The fourth-order valence-electron chi connectivity index (χ4n) is 2.49. The summed E-state index contributed by atoms with van der Waals surface area (Å²) in [4.78, 5) is 24.2. The lowest BCUT2D eigenvalue weighted by atomic mass is 9.83. The van der Waals surface area contributed by atoms with E-state index in [0.717, 1.165) is 18.4 Å². The standard InChI is InChI=1S/C15H18O3/c1-3-12(14(17)18-2)13(16)15(9-10-15)11-7-5-4-6-8-11/h4-8,12H,3,9-10H2,1-2H3. The number of esters is 1. The van der Waals surface area contributed by atoms with Crippen molar-refractivity contribution in [1.82, 2.24) is 0 Å². The van der Waals surface area contributed by atoms with E-state index >= 15 is 0 Å². The van der Waals surface area contributed by atoms with Gasteiger partial charge in [-0.25, -0.2) is 0 Å². The van der Waals surface area contributed by atoms with E-state index in [2.05, 4.69) is 0 Å². The van der Waals surface area contributed by atoms with Crippen molar-refractivity contribution in [2.24, 2.45) is 5.92 Å². The van der Waals surface area contributed by atoms with Crippen LogP contribution in [0.4, 0.5) is 0 Å². The zero-order valence-corrected chi connectivity index (χ0v) is 10.8. The molecule has 2 rings (SSSR count). The minimum Gasteiger partial charge on any atom is -0.468 e. The molecular formula is C15H18O3. The van der Waals surface area contributed by atoms with Gasteiger partial charge in [-0.1, -0.05) is 37.3 Å². The molecule has 3 nitrogen and oxygen atoms in total. The van der Waals surface area contributed by atoms with Gasteiger partial charge >= 0.3 is 5.97 Å². The molecule has 1 atom stereocenters. The Labute approximate surface area is 107 Å². The number of ether oxygens (including phenoxy) is 1. The number of hydrogen-bond donors (Lipinski definition) is 0. The average Bonchev–Trinajstić information content (AvgIpc) is 3.21. The number of ketones is 1. The topological polar surface area (TPSA) is 43.4 Å². The molecule has 0 bridgehead atoms. The van der Waals surface area contributed by atoms with Gasteiger partial charge in [-0.3, -0.25) is 9.59 Å². The highest BCUT2D eigenvalue weighted by molar-refractivity contribution is 6.06. The number of carbonyl (C=O) groups is 2. The first kappa shape index (κ1) is 12.8. The first-order valence-electron chi connectivity index (χ1n) is 6.33. The number of rotatable bonds is 5. The summed E-state index contributed by atoms with van der Waals surface area (Å²) in [5, 5.41) is 0. The first-order valence-corrected chi connectivity index (χ1v) is 6.33. The van der Waals surface area contributed by atoms with Crippen LogP contribution in [0, 0.1) is 5.92 Å². The fourth-order valence-corrected chi connectivity index (χ4v) is 2.49. The van der Waals surface area contributed by atoms with Crippen molar-refractivity contribution >= 4 is 11.8 Å². The van der Waals surface area contributed by atoms with Gasteiger partial charge in [0.15, 0.2) is 5.78 Å². The Morgan fingerprint density at radius 1 is 1.28 bits per heavy atom. The lowest BCUT2D eigenvalue weighted by Crippen LogP contribution is -2.33. The van der Waals surface area contributed by atoms with Crippen LogP contribution in [0.5, 0.6) is 0 Å². The van der Waals surface area contributed by atoms with Crippen molar-refractivity contribution in [3.05, 3.63) is 35.9 Å². The average molecular weight is 246 g/mol. The van der Waals surface area contributed by atoms with Crippen molar-refractivity contribution in [2.75, 3.05) is 7.11 Å². The molecule has 96 valence electrons. The fraction of sp³-hybridized carbons (Fsp3) is 0.467. The Balaban J connectivity index is 2.26. The molecule has 1 aliphatic carbocycles. The summed E-state index contributed by atoms with van der Waals surface area (Å²) >= 11 is 0.